The van der Waals surface area contributed by atoms with Gasteiger partial charge in [0.1, 0.15) is 0 Å². The molecule has 5 nitrogen and oxygen atoms in total. The number of hydrogen-bond donors (Lipinski definition) is 3. The van der Waals surface area contributed by atoms with Crippen LogP contribution in [0.3, 0.4) is 0 Å². The zero-order valence-corrected chi connectivity index (χ0v) is 11.3. The standard InChI is InChI=1S/C14H20N2O3/c1-10(2)6-7-15-14(19)16-12-5-3-4-11(8-12)9-13(17)18/h3-5,8,10H,6-7,9H2,1-2H3,(H,17,18)(H2,15,16,19). The first-order chi connectivity index (χ1) is 8.97. The Morgan fingerprint density at radius 3 is 2.68 bits per heavy atom. The van der Waals surface area contributed by atoms with Crippen molar-refractivity contribution in [2.75, 3.05) is 11.9 Å². The summed E-state index contributed by atoms with van der Waals surface area (Å²) in [5.41, 5.74) is 1.26. The van der Waals surface area contributed by atoms with Gasteiger partial charge >= 0.3 is 12.0 Å². The lowest BCUT2D eigenvalue weighted by molar-refractivity contribution is -0.136. The minimum atomic E-state index is -0.890. The molecule has 0 aromatic heterocycles. The third-order valence-corrected chi connectivity index (χ3v) is 2.55. The minimum absolute atomic E-state index is 0.0511. The van der Waals surface area contributed by atoms with Gasteiger partial charge in [0.15, 0.2) is 0 Å². The van der Waals surface area contributed by atoms with E-state index in [9.17, 15) is 9.59 Å². The van der Waals surface area contributed by atoms with Crippen LogP contribution in [0.25, 0.3) is 0 Å². The van der Waals surface area contributed by atoms with Gasteiger partial charge in [0.05, 0.1) is 6.42 Å². The lowest BCUT2D eigenvalue weighted by Gasteiger charge is -2.09. The number of urea groups is 1. The molecule has 0 radical (unpaired) electrons. The van der Waals surface area contributed by atoms with Gasteiger partial charge in [-0.05, 0) is 30.0 Å². The smallest absolute Gasteiger partial charge is 0.319 e. The van der Waals surface area contributed by atoms with E-state index in [2.05, 4.69) is 24.5 Å². The number of amides is 2. The second-order valence-corrected chi connectivity index (χ2v) is 4.83. The number of carboxylic acids is 1. The summed E-state index contributed by atoms with van der Waals surface area (Å²) in [4.78, 5) is 22.2. The molecule has 3 N–H and O–H groups in total. The van der Waals surface area contributed by atoms with Crippen molar-refractivity contribution >= 4 is 17.7 Å². The zero-order valence-electron chi connectivity index (χ0n) is 11.3. The number of carboxylic acid groups (broad SMARTS) is 1. The maximum atomic E-state index is 11.6. The topological polar surface area (TPSA) is 78.4 Å². The second kappa shape index (κ2) is 7.41. The number of carbonyl (C=O) groups excluding carboxylic acids is 1. The number of anilines is 1. The van der Waals surface area contributed by atoms with Crippen LogP contribution in [0.4, 0.5) is 10.5 Å². The Labute approximate surface area is 113 Å². The van der Waals surface area contributed by atoms with Crippen LogP contribution >= 0.6 is 0 Å². The summed E-state index contributed by atoms with van der Waals surface area (Å²) in [6.45, 7) is 4.81. The van der Waals surface area contributed by atoms with Crippen LogP contribution in [0.15, 0.2) is 24.3 Å². The van der Waals surface area contributed by atoms with Gasteiger partial charge in [0.25, 0.3) is 0 Å². The molecule has 1 aromatic rings. The first-order valence-electron chi connectivity index (χ1n) is 6.33. The summed E-state index contributed by atoms with van der Waals surface area (Å²) >= 11 is 0. The van der Waals surface area contributed by atoms with E-state index >= 15 is 0 Å². The number of aliphatic carboxylic acids is 1. The number of carbonyl (C=O) groups is 2. The number of rotatable bonds is 6. The maximum absolute atomic E-state index is 11.6. The lowest BCUT2D eigenvalue weighted by atomic mass is 10.1. The van der Waals surface area contributed by atoms with Crippen molar-refractivity contribution in [2.24, 2.45) is 5.92 Å². The van der Waals surface area contributed by atoms with Crippen LogP contribution in [0.5, 0.6) is 0 Å². The van der Waals surface area contributed by atoms with Gasteiger partial charge in [-0.1, -0.05) is 26.0 Å². The molecule has 19 heavy (non-hydrogen) atoms. The van der Waals surface area contributed by atoms with Crippen LogP contribution in [0.1, 0.15) is 25.8 Å². The highest BCUT2D eigenvalue weighted by molar-refractivity contribution is 5.89. The van der Waals surface area contributed by atoms with E-state index in [1.165, 1.54) is 0 Å². The zero-order chi connectivity index (χ0) is 14.3. The molecule has 1 aromatic carbocycles. The van der Waals surface area contributed by atoms with E-state index in [0.717, 1.165) is 6.42 Å². The van der Waals surface area contributed by atoms with Crippen LogP contribution in [-0.2, 0) is 11.2 Å². The Hall–Kier alpha value is -2.04. The second-order valence-electron chi connectivity index (χ2n) is 4.83. The molecule has 2 amide bonds. The van der Waals surface area contributed by atoms with Crippen LogP contribution in [0.2, 0.25) is 0 Å². The Morgan fingerprint density at radius 2 is 2.05 bits per heavy atom. The van der Waals surface area contributed by atoms with Gasteiger partial charge < -0.3 is 15.7 Å². The van der Waals surface area contributed by atoms with Gasteiger partial charge in [-0.15, -0.1) is 0 Å². The van der Waals surface area contributed by atoms with E-state index in [4.69, 9.17) is 5.11 Å². The normalized spacial score (nSPS) is 10.3. The molecule has 0 aliphatic rings. The Bertz CT molecular complexity index is 444. The number of hydrogen-bond acceptors (Lipinski definition) is 2. The SMILES string of the molecule is CC(C)CCNC(=O)Nc1cccc(CC(=O)O)c1. The van der Waals surface area contributed by atoms with E-state index in [1.807, 2.05) is 0 Å². The average Bonchev–Trinajstić information content (AvgIpc) is 2.27. The van der Waals surface area contributed by atoms with Crippen molar-refractivity contribution in [2.45, 2.75) is 26.7 Å². The summed E-state index contributed by atoms with van der Waals surface area (Å²) in [6, 6.07) is 6.56. The highest BCUT2D eigenvalue weighted by Gasteiger charge is 2.04. The largest absolute Gasteiger partial charge is 0.481 e. The van der Waals surface area contributed by atoms with E-state index in [1.54, 1.807) is 24.3 Å². The van der Waals surface area contributed by atoms with Crippen molar-refractivity contribution in [3.05, 3.63) is 29.8 Å². The predicted octanol–water partition coefficient (Wildman–Crippen LogP) is 2.48. The van der Waals surface area contributed by atoms with Gasteiger partial charge in [0.2, 0.25) is 0 Å². The van der Waals surface area contributed by atoms with Crippen LogP contribution in [-0.4, -0.2) is 23.7 Å². The third-order valence-electron chi connectivity index (χ3n) is 2.55. The van der Waals surface area contributed by atoms with Gasteiger partial charge in [-0.2, -0.15) is 0 Å². The lowest BCUT2D eigenvalue weighted by Crippen LogP contribution is -2.30. The highest BCUT2D eigenvalue weighted by atomic mass is 16.4. The van der Waals surface area contributed by atoms with Gasteiger partial charge in [0, 0.05) is 12.2 Å². The molecular formula is C14H20N2O3. The maximum Gasteiger partial charge on any atom is 0.319 e. The summed E-state index contributed by atoms with van der Waals surface area (Å²) in [5, 5.41) is 14.2. The van der Waals surface area contributed by atoms with Crippen LogP contribution in [0, 0.1) is 5.92 Å². The Kier molecular flexibility index (Phi) is 5.85. The highest BCUT2D eigenvalue weighted by Crippen LogP contribution is 2.11. The first-order valence-corrected chi connectivity index (χ1v) is 6.33. The van der Waals surface area contributed by atoms with Gasteiger partial charge in [-0.25, -0.2) is 4.79 Å². The molecule has 0 aliphatic carbocycles. The van der Waals surface area contributed by atoms with Crippen molar-refractivity contribution in [3.63, 3.8) is 0 Å². The summed E-state index contributed by atoms with van der Waals surface area (Å²) in [6.07, 6.45) is 0.872. The average molecular weight is 264 g/mol. The van der Waals surface area contributed by atoms with Crippen LogP contribution < -0.4 is 10.6 Å². The third kappa shape index (κ3) is 6.45. The molecule has 1 rings (SSSR count). The molecule has 0 heterocycles. The Morgan fingerprint density at radius 1 is 1.32 bits per heavy atom. The fraction of sp³-hybridized carbons (Fsp3) is 0.429. The first kappa shape index (κ1) is 15.0. The molecule has 0 fully saturated rings. The Balaban J connectivity index is 2.47. The number of nitrogens with one attached hydrogen (secondary N) is 2. The van der Waals surface area contributed by atoms with Crippen molar-refractivity contribution in [1.29, 1.82) is 0 Å². The minimum Gasteiger partial charge on any atom is -0.481 e. The van der Waals surface area contributed by atoms with E-state index in [0.29, 0.717) is 23.7 Å². The quantitative estimate of drug-likeness (QED) is 0.738. The van der Waals surface area contributed by atoms with Gasteiger partial charge in [-0.3, -0.25) is 4.79 Å². The molecule has 5 heteroatoms. The summed E-state index contributed by atoms with van der Waals surface area (Å²) in [7, 11) is 0. The van der Waals surface area contributed by atoms with E-state index in [-0.39, 0.29) is 12.5 Å². The molecule has 0 saturated heterocycles. The molecule has 0 spiro atoms. The van der Waals surface area contributed by atoms with Crippen molar-refractivity contribution in [3.8, 4) is 0 Å². The summed E-state index contributed by atoms with van der Waals surface area (Å²) < 4.78 is 0. The molecule has 0 aliphatic heterocycles. The molecule has 0 saturated carbocycles. The molecule has 0 unspecified atom stereocenters. The van der Waals surface area contributed by atoms with E-state index < -0.39 is 5.97 Å². The molecule has 0 bridgehead atoms. The molecule has 0 atom stereocenters. The monoisotopic (exact) mass is 264 g/mol. The fourth-order valence-corrected chi connectivity index (χ4v) is 1.58. The fourth-order valence-electron chi connectivity index (χ4n) is 1.58. The van der Waals surface area contributed by atoms with Crippen molar-refractivity contribution in [1.82, 2.24) is 5.32 Å². The predicted molar refractivity (Wildman–Crippen MR) is 74.3 cm³/mol. The number of benzene rings is 1. The molecule has 104 valence electrons. The van der Waals surface area contributed by atoms with Crippen molar-refractivity contribution < 1.29 is 14.7 Å². The summed E-state index contributed by atoms with van der Waals surface area (Å²) in [5.74, 6) is -0.349. The molecular weight excluding hydrogens is 244 g/mol.